The maximum Gasteiger partial charge on any atom is 0.386 e. The van der Waals surface area contributed by atoms with Crippen LogP contribution in [0.15, 0.2) is 194 Å². The average Bonchev–Trinajstić information content (AvgIpc) is 1.56. The first kappa shape index (κ1) is 70.0. The molecule has 6 aromatic carbocycles. The molecule has 1 unspecified atom stereocenters. The molecule has 6 rings (SSSR count). The van der Waals surface area contributed by atoms with E-state index in [1.54, 1.807) is 0 Å². The molecular formula is C67H106O7Si10. The largest absolute Gasteiger partial charge is 0.430 e. The molecule has 0 heterocycles. The Labute approximate surface area is 521 Å². The van der Waals surface area contributed by atoms with Gasteiger partial charge in [-0.2, -0.15) is 0 Å². The van der Waals surface area contributed by atoms with Crippen LogP contribution in [0.25, 0.3) is 0 Å². The lowest BCUT2D eigenvalue weighted by atomic mass is 10.1. The van der Waals surface area contributed by atoms with Gasteiger partial charge in [-0.05, 0) is 170 Å². The van der Waals surface area contributed by atoms with Crippen molar-refractivity contribution in [3.8, 4) is 0 Å². The van der Waals surface area contributed by atoms with Gasteiger partial charge in [-0.25, -0.2) is 0 Å². The molecule has 0 amide bonds. The lowest BCUT2D eigenvalue weighted by molar-refractivity contribution is 0.345. The molecule has 84 heavy (non-hydrogen) atoms. The summed E-state index contributed by atoms with van der Waals surface area (Å²) in [7, 11) is -25.3. The zero-order chi connectivity index (χ0) is 62.0. The smallest absolute Gasteiger partial charge is 0.386 e. The van der Waals surface area contributed by atoms with Gasteiger partial charge in [0.1, 0.15) is 0 Å². The van der Waals surface area contributed by atoms with Gasteiger partial charge in [-0.15, -0.1) is 6.58 Å². The van der Waals surface area contributed by atoms with Gasteiger partial charge >= 0.3 is 25.7 Å². The Balaban J connectivity index is 1.36. The Morgan fingerprint density at radius 3 is 0.798 bits per heavy atom. The van der Waals surface area contributed by atoms with Crippen molar-refractivity contribution in [3.05, 3.63) is 194 Å². The molecule has 0 aliphatic carbocycles. The first-order chi connectivity index (χ1) is 39.2. The summed E-state index contributed by atoms with van der Waals surface area (Å²) >= 11 is 0. The van der Waals surface area contributed by atoms with Crippen LogP contribution >= 0.6 is 0 Å². The number of benzene rings is 6. The monoisotopic (exact) mass is 1300 g/mol. The Hall–Kier alpha value is -3.05. The van der Waals surface area contributed by atoms with Crippen molar-refractivity contribution in [2.24, 2.45) is 0 Å². The normalized spacial score (nSPS) is 15.1. The van der Waals surface area contributed by atoms with E-state index in [4.69, 9.17) is 29.1 Å². The van der Waals surface area contributed by atoms with E-state index in [-0.39, 0.29) is 10.1 Å². The summed E-state index contributed by atoms with van der Waals surface area (Å²) in [6, 6.07) is 69.3. The maximum atomic E-state index is 8.35. The highest BCUT2D eigenvalue weighted by molar-refractivity contribution is 7.05. The second kappa shape index (κ2) is 28.2. The minimum Gasteiger partial charge on any atom is -0.430 e. The van der Waals surface area contributed by atoms with Crippen LogP contribution in [-0.4, -0.2) is 91.0 Å². The van der Waals surface area contributed by atoms with Crippen LogP contribution in [0.3, 0.4) is 0 Å². The fourth-order valence-electron chi connectivity index (χ4n) is 11.7. The minimum absolute atomic E-state index is 0.118. The molecule has 0 N–H and O–H groups in total. The van der Waals surface area contributed by atoms with Gasteiger partial charge in [0.15, 0.2) is 49.9 Å². The molecule has 456 valence electrons. The molecule has 0 bridgehead atoms. The van der Waals surface area contributed by atoms with Crippen molar-refractivity contribution in [2.45, 2.75) is 179 Å². The minimum atomic E-state index is -3.46. The number of hydrogen-bond donors (Lipinski definition) is 0. The molecule has 7 nitrogen and oxygen atoms in total. The molecule has 0 aliphatic heterocycles. The number of rotatable bonds is 33. The standard InChI is InChI=1S/C67H106O7Si10/c1-21-66(4,80(17,18)68-6)54-56-76(9,10)71-83(62-46-34-26-35-47-62,63-48-36-27-37-49-63)72-78(13,14)58-59-79(15,16)73-84(64-50-38-28-39-51-64,65-52-40-29-41-53-65)74-81(19,20)67(5,22-2)55-57-77(11,12)70-82(69-75(7,8)23-3,60-42-30-24-31-43-60)61-44-32-25-33-45-61/h23-53H,3,21-22,54-59H2,1-2,4-20H3/t66-,67?/m0/s1. The van der Waals surface area contributed by atoms with Crippen molar-refractivity contribution in [1.82, 2.24) is 0 Å². The third-order valence-electron chi connectivity index (χ3n) is 18.8. The van der Waals surface area contributed by atoms with E-state index in [2.05, 4.69) is 314 Å². The van der Waals surface area contributed by atoms with E-state index in [0.29, 0.717) is 0 Å². The molecule has 0 radical (unpaired) electrons. The average molecular weight is 1300 g/mol. The summed E-state index contributed by atoms with van der Waals surface area (Å²) in [6.07, 6.45) is 4.08. The highest BCUT2D eigenvalue weighted by atomic mass is 28.5. The molecule has 0 spiro atoms. The van der Waals surface area contributed by atoms with Crippen LogP contribution in [-0.2, 0) is 29.1 Å². The highest BCUT2D eigenvalue weighted by Gasteiger charge is 2.58. The van der Waals surface area contributed by atoms with Crippen LogP contribution in [0.1, 0.15) is 53.4 Å². The fourth-order valence-corrected chi connectivity index (χ4v) is 56.3. The second-order valence-corrected chi connectivity index (χ2v) is 68.7. The summed E-state index contributed by atoms with van der Waals surface area (Å²) < 4.78 is 54.4. The zero-order valence-electron chi connectivity index (χ0n) is 55.1. The second-order valence-electron chi connectivity index (χ2n) is 28.1. The van der Waals surface area contributed by atoms with Gasteiger partial charge < -0.3 is 29.1 Å². The molecule has 17 heteroatoms. The topological polar surface area (TPSA) is 64.6 Å². The van der Waals surface area contributed by atoms with Crippen molar-refractivity contribution in [3.63, 3.8) is 0 Å². The fraction of sp³-hybridized carbons (Fsp3) is 0.433. The van der Waals surface area contributed by atoms with Crippen molar-refractivity contribution >= 4 is 115 Å². The van der Waals surface area contributed by atoms with Crippen LogP contribution in [0.2, 0.25) is 126 Å². The molecule has 0 aliphatic rings. The van der Waals surface area contributed by atoms with Crippen LogP contribution < -0.4 is 31.1 Å². The van der Waals surface area contributed by atoms with E-state index in [0.717, 1.165) is 70.6 Å². The summed E-state index contributed by atoms with van der Waals surface area (Å²) in [4.78, 5) is 0. The number of hydrogen-bond acceptors (Lipinski definition) is 7. The molecule has 0 saturated carbocycles. The van der Waals surface area contributed by atoms with Crippen molar-refractivity contribution in [2.75, 3.05) is 7.11 Å². The third kappa shape index (κ3) is 17.0. The van der Waals surface area contributed by atoms with E-state index >= 15 is 0 Å². The summed E-state index contributed by atoms with van der Waals surface area (Å²) in [5.41, 5.74) is 2.05. The molecule has 2 atom stereocenters. The Morgan fingerprint density at radius 1 is 0.333 bits per heavy atom. The van der Waals surface area contributed by atoms with Crippen molar-refractivity contribution < 1.29 is 29.1 Å². The molecule has 0 saturated heterocycles. The molecule has 0 aromatic heterocycles. The van der Waals surface area contributed by atoms with E-state index in [9.17, 15) is 0 Å². The lowest BCUT2D eigenvalue weighted by Crippen LogP contribution is -2.72. The maximum absolute atomic E-state index is 8.35. The van der Waals surface area contributed by atoms with E-state index < -0.39 is 83.9 Å². The van der Waals surface area contributed by atoms with E-state index in [1.165, 1.54) is 10.4 Å². The van der Waals surface area contributed by atoms with Crippen LogP contribution in [0.4, 0.5) is 0 Å². The third-order valence-corrected chi connectivity index (χ3v) is 60.6. The molecule has 0 fully saturated rings. The van der Waals surface area contributed by atoms with Gasteiger partial charge in [0.2, 0.25) is 8.32 Å². The Bertz CT molecular complexity index is 2850. The first-order valence-electron chi connectivity index (χ1n) is 31.0. The van der Waals surface area contributed by atoms with Gasteiger partial charge in [0.05, 0.1) is 0 Å². The summed E-state index contributed by atoms with van der Waals surface area (Å²) in [5.74, 6) is 0. The van der Waals surface area contributed by atoms with Gasteiger partial charge in [0.25, 0.3) is 0 Å². The summed E-state index contributed by atoms with van der Waals surface area (Å²) in [5, 5.41) is 6.92. The zero-order valence-corrected chi connectivity index (χ0v) is 65.1. The van der Waals surface area contributed by atoms with Crippen molar-refractivity contribution in [1.29, 1.82) is 0 Å². The lowest BCUT2D eigenvalue weighted by Gasteiger charge is -2.50. The Kier molecular flexibility index (Phi) is 23.5. The van der Waals surface area contributed by atoms with E-state index in [1.807, 2.05) is 7.11 Å². The molecule has 6 aromatic rings. The summed E-state index contributed by atoms with van der Waals surface area (Å²) in [6.45, 7) is 47.5. The van der Waals surface area contributed by atoms with Gasteiger partial charge in [-0.3, -0.25) is 0 Å². The first-order valence-corrected chi connectivity index (χ1v) is 57.7. The highest BCUT2D eigenvalue weighted by Crippen LogP contribution is 2.50. The quantitative estimate of drug-likeness (QED) is 0.0380. The van der Waals surface area contributed by atoms with Crippen LogP contribution in [0.5, 0.6) is 0 Å². The van der Waals surface area contributed by atoms with Gasteiger partial charge in [0, 0.05) is 7.11 Å². The Morgan fingerprint density at radius 2 is 0.560 bits per heavy atom. The predicted molar refractivity (Wildman–Crippen MR) is 386 cm³/mol. The van der Waals surface area contributed by atoms with Crippen LogP contribution in [0, 0.1) is 0 Å². The van der Waals surface area contributed by atoms with Gasteiger partial charge in [-0.1, -0.05) is 228 Å². The predicted octanol–water partition coefficient (Wildman–Crippen LogP) is 15.8. The molecular weight excluding hydrogens is 1200 g/mol. The SMILES string of the molecule is C=C[Si](C)(C)O[Si](O[Si](C)(C)CCC(C)(CC)[Si](C)(C)O[Si](O[Si](C)(C)CC[Si](C)(C)O[Si](O[Si](C)(C)CC[C@](C)(CC)[Si](C)(C)OC)(c1ccccc1)c1ccccc1)(c1ccccc1)c1ccccc1)(c1ccccc1)c1ccccc1.